The van der Waals surface area contributed by atoms with Gasteiger partial charge in [0, 0.05) is 56.7 Å². The van der Waals surface area contributed by atoms with Gasteiger partial charge in [-0.15, -0.1) is 0 Å². The minimum atomic E-state index is 0.816. The highest BCUT2D eigenvalue weighted by Crippen LogP contribution is 2.29. The van der Waals surface area contributed by atoms with Crippen LogP contribution in [0.3, 0.4) is 0 Å². The lowest BCUT2D eigenvalue weighted by atomic mass is 10.1. The van der Waals surface area contributed by atoms with Crippen LogP contribution in [0.2, 0.25) is 0 Å². The monoisotopic (exact) mass is 391 g/mol. The first-order valence-corrected chi connectivity index (χ1v) is 10.7. The van der Waals surface area contributed by atoms with E-state index in [-0.39, 0.29) is 0 Å². The van der Waals surface area contributed by atoms with Crippen LogP contribution in [0.1, 0.15) is 19.3 Å². The number of hydrogen-bond donors (Lipinski definition) is 2. The molecular formula is C22H29N7. The van der Waals surface area contributed by atoms with Gasteiger partial charge in [-0.1, -0.05) is 0 Å². The van der Waals surface area contributed by atoms with Crippen LogP contribution in [0, 0.1) is 0 Å². The van der Waals surface area contributed by atoms with Gasteiger partial charge >= 0.3 is 0 Å². The summed E-state index contributed by atoms with van der Waals surface area (Å²) in [6.07, 6.45) is 5.53. The summed E-state index contributed by atoms with van der Waals surface area (Å²) in [5.41, 5.74) is 4.23. The van der Waals surface area contributed by atoms with Crippen molar-refractivity contribution in [2.24, 2.45) is 0 Å². The second-order valence-corrected chi connectivity index (χ2v) is 8.14. The van der Waals surface area contributed by atoms with Crippen LogP contribution >= 0.6 is 0 Å². The van der Waals surface area contributed by atoms with Gasteiger partial charge in [0.1, 0.15) is 11.3 Å². The SMILES string of the molecule is CN1CCN(c2ccc(Nc3nc(N4CCCCC4)cc4[nH]cnc34)cc2)CC1. The van der Waals surface area contributed by atoms with E-state index in [0.29, 0.717) is 0 Å². The molecule has 2 N–H and O–H groups in total. The van der Waals surface area contributed by atoms with E-state index in [0.717, 1.165) is 67.6 Å². The molecule has 0 spiro atoms. The molecule has 2 aliphatic rings. The number of imidazole rings is 1. The van der Waals surface area contributed by atoms with Crippen molar-refractivity contribution >= 4 is 34.0 Å². The number of nitrogens with one attached hydrogen (secondary N) is 2. The van der Waals surface area contributed by atoms with Crippen LogP contribution in [0.15, 0.2) is 36.7 Å². The molecule has 2 aromatic heterocycles. The molecule has 0 bridgehead atoms. The summed E-state index contributed by atoms with van der Waals surface area (Å²) in [5, 5.41) is 3.50. The van der Waals surface area contributed by atoms with Gasteiger partial charge < -0.3 is 25.0 Å². The molecule has 7 heteroatoms. The molecule has 29 heavy (non-hydrogen) atoms. The van der Waals surface area contributed by atoms with Crippen LogP contribution in [0.5, 0.6) is 0 Å². The Morgan fingerprint density at radius 1 is 0.897 bits per heavy atom. The summed E-state index contributed by atoms with van der Waals surface area (Å²) in [6, 6.07) is 10.8. The zero-order valence-corrected chi connectivity index (χ0v) is 17.1. The number of hydrogen-bond acceptors (Lipinski definition) is 6. The van der Waals surface area contributed by atoms with Gasteiger partial charge in [0.15, 0.2) is 5.82 Å². The molecule has 152 valence electrons. The number of aromatic amines is 1. The molecule has 2 fully saturated rings. The summed E-state index contributed by atoms with van der Waals surface area (Å²) in [5.74, 6) is 1.84. The predicted molar refractivity (Wildman–Crippen MR) is 119 cm³/mol. The Labute approximate surface area is 171 Å². The van der Waals surface area contributed by atoms with Crippen molar-refractivity contribution in [3.05, 3.63) is 36.7 Å². The number of nitrogens with zero attached hydrogens (tertiary/aromatic N) is 5. The Balaban J connectivity index is 1.37. The fourth-order valence-electron chi connectivity index (χ4n) is 4.26. The van der Waals surface area contributed by atoms with Crippen molar-refractivity contribution in [1.29, 1.82) is 0 Å². The number of piperazine rings is 1. The average Bonchev–Trinajstić information content (AvgIpc) is 3.25. The fraction of sp³-hybridized carbons (Fsp3) is 0.455. The van der Waals surface area contributed by atoms with E-state index in [4.69, 9.17) is 4.98 Å². The molecule has 2 saturated heterocycles. The number of benzene rings is 1. The quantitative estimate of drug-likeness (QED) is 0.710. The third kappa shape index (κ3) is 3.87. The van der Waals surface area contributed by atoms with Crippen molar-refractivity contribution in [2.75, 3.05) is 61.4 Å². The predicted octanol–water partition coefficient (Wildman–Crippen LogP) is 3.44. The Hall–Kier alpha value is -2.80. The zero-order valence-electron chi connectivity index (χ0n) is 17.1. The van der Waals surface area contributed by atoms with E-state index < -0.39 is 0 Å². The number of fused-ring (bicyclic) bond motifs is 1. The summed E-state index contributed by atoms with van der Waals surface area (Å²) in [4.78, 5) is 19.9. The molecule has 3 aromatic rings. The van der Waals surface area contributed by atoms with Crippen LogP contribution in [-0.2, 0) is 0 Å². The second kappa shape index (κ2) is 7.91. The summed E-state index contributed by atoms with van der Waals surface area (Å²) >= 11 is 0. The molecule has 1 aromatic carbocycles. The molecule has 2 aliphatic heterocycles. The fourth-order valence-corrected chi connectivity index (χ4v) is 4.26. The van der Waals surface area contributed by atoms with E-state index in [1.54, 1.807) is 6.33 Å². The van der Waals surface area contributed by atoms with Gasteiger partial charge in [0.2, 0.25) is 0 Å². The Kier molecular flexibility index (Phi) is 4.97. The molecular weight excluding hydrogens is 362 g/mol. The number of aromatic nitrogens is 3. The molecule has 0 amide bonds. The molecule has 0 unspecified atom stereocenters. The number of piperidine rings is 1. The Morgan fingerprint density at radius 3 is 2.41 bits per heavy atom. The number of H-pyrrole nitrogens is 1. The van der Waals surface area contributed by atoms with Crippen molar-refractivity contribution in [2.45, 2.75) is 19.3 Å². The topological polar surface area (TPSA) is 63.3 Å². The van der Waals surface area contributed by atoms with Crippen LogP contribution in [-0.4, -0.2) is 66.2 Å². The van der Waals surface area contributed by atoms with Crippen molar-refractivity contribution in [3.63, 3.8) is 0 Å². The Bertz CT molecular complexity index is 951. The Morgan fingerprint density at radius 2 is 1.66 bits per heavy atom. The van der Waals surface area contributed by atoms with Crippen LogP contribution < -0.4 is 15.1 Å². The molecule has 0 radical (unpaired) electrons. The molecule has 0 saturated carbocycles. The van der Waals surface area contributed by atoms with Gasteiger partial charge in [0.25, 0.3) is 0 Å². The number of rotatable bonds is 4. The molecule has 5 rings (SSSR count). The number of anilines is 4. The molecule has 7 nitrogen and oxygen atoms in total. The second-order valence-electron chi connectivity index (χ2n) is 8.14. The van der Waals surface area contributed by atoms with E-state index in [9.17, 15) is 0 Å². The van der Waals surface area contributed by atoms with E-state index in [2.05, 4.69) is 67.4 Å². The molecule has 0 aliphatic carbocycles. The van der Waals surface area contributed by atoms with Gasteiger partial charge in [0.05, 0.1) is 11.8 Å². The first-order valence-electron chi connectivity index (χ1n) is 10.7. The average molecular weight is 392 g/mol. The maximum absolute atomic E-state index is 4.93. The first kappa shape index (κ1) is 18.2. The highest BCUT2D eigenvalue weighted by atomic mass is 15.2. The van der Waals surface area contributed by atoms with Gasteiger partial charge in [-0.2, -0.15) is 0 Å². The van der Waals surface area contributed by atoms with Gasteiger partial charge in [-0.05, 0) is 50.6 Å². The highest BCUT2D eigenvalue weighted by Gasteiger charge is 2.17. The lowest BCUT2D eigenvalue weighted by molar-refractivity contribution is 0.313. The van der Waals surface area contributed by atoms with E-state index in [1.165, 1.54) is 24.9 Å². The maximum atomic E-state index is 4.93. The van der Waals surface area contributed by atoms with Crippen molar-refractivity contribution in [3.8, 4) is 0 Å². The standard InChI is InChI=1S/C22H29N7/c1-27-11-13-28(14-12-27)18-7-5-17(6-8-18)25-22-21-19(23-16-24-21)15-20(26-22)29-9-3-2-4-10-29/h5-8,15-16H,2-4,9-14H2,1H3,(H,23,24)(H,25,26). The lowest BCUT2D eigenvalue weighted by Gasteiger charge is -2.34. The third-order valence-corrected chi connectivity index (χ3v) is 6.07. The van der Waals surface area contributed by atoms with E-state index >= 15 is 0 Å². The van der Waals surface area contributed by atoms with Gasteiger partial charge in [-0.25, -0.2) is 9.97 Å². The third-order valence-electron chi connectivity index (χ3n) is 6.07. The van der Waals surface area contributed by atoms with Crippen LogP contribution in [0.4, 0.5) is 23.0 Å². The smallest absolute Gasteiger partial charge is 0.161 e. The maximum Gasteiger partial charge on any atom is 0.161 e. The molecule has 4 heterocycles. The highest BCUT2D eigenvalue weighted by molar-refractivity contribution is 5.89. The minimum Gasteiger partial charge on any atom is -0.369 e. The van der Waals surface area contributed by atoms with Crippen molar-refractivity contribution in [1.82, 2.24) is 19.9 Å². The minimum absolute atomic E-state index is 0.816. The number of likely N-dealkylation sites (N-methyl/N-ethyl adjacent to an activating group) is 1. The van der Waals surface area contributed by atoms with E-state index in [1.807, 2.05) is 0 Å². The first-order chi connectivity index (χ1) is 14.3. The van der Waals surface area contributed by atoms with Crippen molar-refractivity contribution < 1.29 is 0 Å². The summed E-state index contributed by atoms with van der Waals surface area (Å²) < 4.78 is 0. The summed E-state index contributed by atoms with van der Waals surface area (Å²) in [7, 11) is 2.19. The van der Waals surface area contributed by atoms with Gasteiger partial charge in [-0.3, -0.25) is 0 Å². The van der Waals surface area contributed by atoms with Crippen LogP contribution in [0.25, 0.3) is 11.0 Å². The normalized spacial score (nSPS) is 18.4. The summed E-state index contributed by atoms with van der Waals surface area (Å²) in [6.45, 7) is 6.54. The number of pyridine rings is 1. The zero-order chi connectivity index (χ0) is 19.6. The lowest BCUT2D eigenvalue weighted by Crippen LogP contribution is -2.44. The largest absolute Gasteiger partial charge is 0.369 e. The molecule has 0 atom stereocenters.